The van der Waals surface area contributed by atoms with Gasteiger partial charge in [-0.2, -0.15) is 0 Å². The predicted molar refractivity (Wildman–Crippen MR) is 190 cm³/mol. The third-order valence-corrected chi connectivity index (χ3v) is 9.21. The maximum atomic E-state index is 14.0. The number of primary amides is 1. The molecule has 1 aliphatic carbocycles. The van der Waals surface area contributed by atoms with Crippen LogP contribution in [-0.4, -0.2) is 110 Å². The molecule has 0 aromatic heterocycles. The number of hydrogen-bond acceptors (Lipinski definition) is 11. The van der Waals surface area contributed by atoms with Crippen molar-refractivity contribution in [1.82, 2.24) is 26.2 Å². The summed E-state index contributed by atoms with van der Waals surface area (Å²) < 4.78 is 15.7. The quantitative estimate of drug-likeness (QED) is 0.114. The summed E-state index contributed by atoms with van der Waals surface area (Å²) in [6, 6.07) is -0.289. The van der Waals surface area contributed by atoms with Gasteiger partial charge in [0.25, 0.3) is 5.91 Å². The molecule has 0 bridgehead atoms. The second kappa shape index (κ2) is 20.3. The number of benzene rings is 1. The van der Waals surface area contributed by atoms with Crippen LogP contribution in [0.2, 0.25) is 0 Å². The maximum Gasteiger partial charge on any atom is 0.407 e. The molecule has 0 spiro atoms. The van der Waals surface area contributed by atoms with E-state index in [0.717, 1.165) is 19.3 Å². The maximum absolute atomic E-state index is 14.0. The zero-order valence-corrected chi connectivity index (χ0v) is 31.1. The van der Waals surface area contributed by atoms with Gasteiger partial charge in [-0.3, -0.25) is 28.8 Å². The monoisotopic (exact) mass is 746 g/mol. The third-order valence-electron chi connectivity index (χ3n) is 9.21. The lowest BCUT2D eigenvalue weighted by molar-refractivity contribution is -0.143. The number of carbonyl (C=O) groups is 7. The number of hydrogen-bond donors (Lipinski definition) is 6. The number of nitrogens with zero attached hydrogens (tertiary/aromatic N) is 1. The van der Waals surface area contributed by atoms with Gasteiger partial charge in [-0.1, -0.05) is 46.5 Å². The van der Waals surface area contributed by atoms with E-state index in [-0.39, 0.29) is 43.4 Å². The van der Waals surface area contributed by atoms with Crippen molar-refractivity contribution in [3.63, 3.8) is 0 Å². The van der Waals surface area contributed by atoms with E-state index in [9.17, 15) is 38.7 Å². The van der Waals surface area contributed by atoms with Gasteiger partial charge in [-0.25, -0.2) is 4.79 Å². The highest BCUT2D eigenvalue weighted by Crippen LogP contribution is 2.30. The normalized spacial score (nSPS) is 19.0. The van der Waals surface area contributed by atoms with Crippen molar-refractivity contribution >= 4 is 41.4 Å². The van der Waals surface area contributed by atoms with Gasteiger partial charge in [0.15, 0.2) is 0 Å². The molecule has 17 nitrogen and oxygen atoms in total. The molecule has 3 rings (SSSR count). The number of amides is 6. The Labute approximate surface area is 309 Å². The summed E-state index contributed by atoms with van der Waals surface area (Å²) >= 11 is 0. The van der Waals surface area contributed by atoms with E-state index in [1.165, 1.54) is 31.3 Å². The number of alkyl carbamates (subject to hydrolysis) is 1. The molecular formula is C36H54N6O11. The summed E-state index contributed by atoms with van der Waals surface area (Å²) in [4.78, 5) is 92.8. The van der Waals surface area contributed by atoms with Crippen molar-refractivity contribution < 1.29 is 52.9 Å². The Hall–Kier alpha value is -4.93. The highest BCUT2D eigenvalue weighted by molar-refractivity contribution is 6.38. The number of nitrogens with one attached hydrogen (secondary N) is 4. The van der Waals surface area contributed by atoms with E-state index in [1.807, 2.05) is 13.8 Å². The van der Waals surface area contributed by atoms with Gasteiger partial charge in [-0.05, 0) is 48.8 Å². The van der Waals surface area contributed by atoms with Crippen LogP contribution in [0.15, 0.2) is 18.2 Å². The number of β-amino-alcohol motifs (C(OH)–C–C–N with tert-alkyl or cyclic N) is 1. The molecule has 1 aliphatic heterocycles. The topological polar surface area (TPSA) is 245 Å². The standard InChI is InChI=1S/C36H54N6O11/c1-6-10-26(31(45)34(48)38-17-28(44)40-29(32(37)46)22-13-24(51-4)16-25(14-22)52-5)39-33(47)27-15-23(43)18-42(27)35(49)30(21-11-8-7-9-12-21)41-36(50)53-19-20(2)3/h13-14,16,20-21,23,26-27,29-30,43H,6-12,15,17-19H2,1-5H3,(H2,37,46)(H,38,48)(H,39,47)(H,40,44)(H,41,50)/t23-,26?,27+,29?,30+/m1/s1. The van der Waals surface area contributed by atoms with Crippen molar-refractivity contribution in [2.75, 3.05) is 33.9 Å². The fraction of sp³-hybridized carbons (Fsp3) is 0.639. The molecule has 0 radical (unpaired) electrons. The lowest BCUT2D eigenvalue weighted by Gasteiger charge is -2.34. The summed E-state index contributed by atoms with van der Waals surface area (Å²) in [5, 5.41) is 20.5. The molecule has 17 heteroatoms. The summed E-state index contributed by atoms with van der Waals surface area (Å²) in [7, 11) is 2.81. The summed E-state index contributed by atoms with van der Waals surface area (Å²) in [6.45, 7) is 4.79. The number of ether oxygens (including phenoxy) is 3. The Morgan fingerprint density at radius 3 is 2.15 bits per heavy atom. The van der Waals surface area contributed by atoms with Gasteiger partial charge >= 0.3 is 6.09 Å². The molecular weight excluding hydrogens is 692 g/mol. The van der Waals surface area contributed by atoms with Crippen LogP contribution in [0.5, 0.6) is 11.5 Å². The molecule has 5 atom stereocenters. The molecule has 6 amide bonds. The Balaban J connectivity index is 1.68. The number of nitrogens with two attached hydrogens (primary N) is 1. The van der Waals surface area contributed by atoms with E-state index in [4.69, 9.17) is 19.9 Å². The zero-order valence-electron chi connectivity index (χ0n) is 31.1. The summed E-state index contributed by atoms with van der Waals surface area (Å²) in [5.41, 5.74) is 5.78. The van der Waals surface area contributed by atoms with E-state index >= 15 is 0 Å². The number of methoxy groups -OCH3 is 2. The number of Topliss-reactive ketones (excluding diaryl/α,β-unsaturated/α-hetero) is 1. The van der Waals surface area contributed by atoms with E-state index in [1.54, 1.807) is 13.0 Å². The first-order chi connectivity index (χ1) is 25.2. The number of aliphatic hydroxyl groups is 1. The number of aliphatic hydroxyl groups excluding tert-OH is 1. The molecule has 1 aromatic carbocycles. The average molecular weight is 747 g/mol. The molecule has 1 saturated carbocycles. The Morgan fingerprint density at radius 2 is 1.58 bits per heavy atom. The summed E-state index contributed by atoms with van der Waals surface area (Å²) in [6.07, 6.45) is 2.66. The molecule has 294 valence electrons. The van der Waals surface area contributed by atoms with Gasteiger partial charge < -0.3 is 51.2 Å². The van der Waals surface area contributed by atoms with Crippen molar-refractivity contribution in [2.45, 2.75) is 102 Å². The van der Waals surface area contributed by atoms with Crippen molar-refractivity contribution in [1.29, 1.82) is 0 Å². The summed E-state index contributed by atoms with van der Waals surface area (Å²) in [5.74, 6) is -4.69. The lowest BCUT2D eigenvalue weighted by Crippen LogP contribution is -2.58. The first-order valence-electron chi connectivity index (χ1n) is 18.0. The molecule has 2 aliphatic rings. The highest BCUT2D eigenvalue weighted by Gasteiger charge is 2.44. The molecule has 1 aromatic rings. The molecule has 1 heterocycles. The largest absolute Gasteiger partial charge is 0.497 e. The van der Waals surface area contributed by atoms with Crippen LogP contribution in [0.4, 0.5) is 4.79 Å². The first-order valence-corrected chi connectivity index (χ1v) is 18.0. The lowest BCUT2D eigenvalue weighted by atomic mass is 9.83. The Morgan fingerprint density at radius 1 is 0.943 bits per heavy atom. The minimum atomic E-state index is -1.32. The average Bonchev–Trinajstić information content (AvgIpc) is 3.54. The highest BCUT2D eigenvalue weighted by atomic mass is 16.5. The smallest absolute Gasteiger partial charge is 0.407 e. The van der Waals surface area contributed by atoms with Gasteiger partial charge in [0.1, 0.15) is 29.6 Å². The second-order valence-electron chi connectivity index (χ2n) is 13.9. The minimum absolute atomic E-state index is 0.0583. The van der Waals surface area contributed by atoms with Crippen LogP contribution in [-0.2, 0) is 33.5 Å². The number of rotatable bonds is 18. The number of ketones is 1. The van der Waals surface area contributed by atoms with Crippen LogP contribution in [0.3, 0.4) is 0 Å². The third kappa shape index (κ3) is 12.3. The van der Waals surface area contributed by atoms with Gasteiger partial charge in [0.2, 0.25) is 29.4 Å². The van der Waals surface area contributed by atoms with Gasteiger partial charge in [-0.15, -0.1) is 0 Å². The van der Waals surface area contributed by atoms with Crippen LogP contribution >= 0.6 is 0 Å². The van der Waals surface area contributed by atoms with Crippen LogP contribution in [0, 0.1) is 11.8 Å². The molecule has 53 heavy (non-hydrogen) atoms. The Kier molecular flexibility index (Phi) is 16.3. The van der Waals surface area contributed by atoms with Crippen molar-refractivity contribution in [2.24, 2.45) is 17.6 Å². The van der Waals surface area contributed by atoms with E-state index < -0.39 is 78.2 Å². The van der Waals surface area contributed by atoms with Crippen LogP contribution in [0.25, 0.3) is 0 Å². The van der Waals surface area contributed by atoms with Gasteiger partial charge in [0, 0.05) is 19.0 Å². The molecule has 7 N–H and O–H groups in total. The molecule has 2 fully saturated rings. The van der Waals surface area contributed by atoms with E-state index in [2.05, 4.69) is 21.3 Å². The fourth-order valence-electron chi connectivity index (χ4n) is 6.50. The number of likely N-dealkylation sites (tertiary alicyclic amines) is 1. The van der Waals surface area contributed by atoms with Crippen molar-refractivity contribution in [3.8, 4) is 11.5 Å². The van der Waals surface area contributed by atoms with Crippen LogP contribution in [0.1, 0.15) is 83.7 Å². The minimum Gasteiger partial charge on any atom is -0.497 e. The number of carbonyl (C=O) groups excluding carboxylic acids is 7. The van der Waals surface area contributed by atoms with Gasteiger partial charge in [0.05, 0.1) is 39.5 Å². The molecule has 1 saturated heterocycles. The zero-order chi connectivity index (χ0) is 39.2. The second-order valence-corrected chi connectivity index (χ2v) is 13.9. The first kappa shape index (κ1) is 42.5. The molecule has 2 unspecified atom stereocenters. The SMILES string of the molecule is CCCC(NC(=O)[C@@H]1C[C@@H](O)CN1C(=O)[C@@H](NC(=O)OCC(C)C)C1CCCCC1)C(=O)C(=O)NCC(=O)NC(C(N)=O)c1cc(OC)cc(OC)c1. The Bertz CT molecular complexity index is 1460. The van der Waals surface area contributed by atoms with Crippen LogP contribution < -0.4 is 36.5 Å². The van der Waals surface area contributed by atoms with Crippen molar-refractivity contribution in [3.05, 3.63) is 23.8 Å². The van der Waals surface area contributed by atoms with E-state index in [0.29, 0.717) is 30.8 Å². The predicted octanol–water partition coefficient (Wildman–Crippen LogP) is 0.610. The fourth-order valence-corrected chi connectivity index (χ4v) is 6.50.